The van der Waals surface area contributed by atoms with Crippen molar-refractivity contribution in [2.75, 3.05) is 32.2 Å². The number of ether oxygens (including phenoxy) is 2. The highest BCUT2D eigenvalue weighted by Crippen LogP contribution is 2.36. The van der Waals surface area contributed by atoms with Crippen molar-refractivity contribution >= 4 is 56.6 Å². The average molecular weight is 490 g/mol. The summed E-state index contributed by atoms with van der Waals surface area (Å²) in [4.78, 5) is 24.3. The van der Waals surface area contributed by atoms with Crippen molar-refractivity contribution in [3.63, 3.8) is 0 Å². The smallest absolute Gasteiger partial charge is 0.262 e. The van der Waals surface area contributed by atoms with Crippen LogP contribution in [0.5, 0.6) is 5.75 Å². The Hall–Kier alpha value is -1.80. The van der Waals surface area contributed by atoms with E-state index in [2.05, 4.69) is 26.6 Å². The van der Waals surface area contributed by atoms with Gasteiger partial charge in [0.25, 0.3) is 11.8 Å². The summed E-state index contributed by atoms with van der Waals surface area (Å²) in [5, 5.41) is 6.22. The van der Waals surface area contributed by atoms with E-state index in [1.165, 1.54) is 6.07 Å². The minimum atomic E-state index is -0.393. The molecule has 0 aliphatic carbocycles. The Bertz CT molecular complexity index is 825. The van der Waals surface area contributed by atoms with Gasteiger partial charge in [0.05, 0.1) is 9.50 Å². The van der Waals surface area contributed by atoms with Crippen molar-refractivity contribution in [2.24, 2.45) is 0 Å². The number of nitrogens with one attached hydrogen (secondary N) is 2. The third kappa shape index (κ3) is 6.98. The van der Waals surface area contributed by atoms with Gasteiger partial charge in [0, 0.05) is 36.5 Å². The predicted molar refractivity (Wildman–Crippen MR) is 114 cm³/mol. The third-order valence-corrected chi connectivity index (χ3v) is 4.62. The number of hydrogen-bond acceptors (Lipinski definition) is 4. The molecule has 0 atom stereocenters. The van der Waals surface area contributed by atoms with Gasteiger partial charge in [0.15, 0.2) is 12.4 Å². The summed E-state index contributed by atoms with van der Waals surface area (Å²) in [5.41, 5.74) is 0.930. The minimum Gasteiger partial charge on any atom is -0.481 e. The molecule has 2 amide bonds. The van der Waals surface area contributed by atoms with Crippen molar-refractivity contribution in [3.8, 4) is 5.75 Å². The van der Waals surface area contributed by atoms with Crippen molar-refractivity contribution in [1.29, 1.82) is 0 Å². The molecule has 0 heterocycles. The highest BCUT2D eigenvalue weighted by Gasteiger charge is 2.12. The van der Waals surface area contributed by atoms with Crippen molar-refractivity contribution in [3.05, 3.63) is 56.5 Å². The largest absolute Gasteiger partial charge is 0.481 e. The van der Waals surface area contributed by atoms with Crippen molar-refractivity contribution in [2.45, 2.75) is 6.42 Å². The number of carbonyl (C=O) groups is 2. The van der Waals surface area contributed by atoms with Crippen LogP contribution in [-0.4, -0.2) is 38.7 Å². The molecule has 28 heavy (non-hydrogen) atoms. The lowest BCUT2D eigenvalue weighted by atomic mass is 10.2. The number of methoxy groups -OCH3 is 1. The first-order valence-electron chi connectivity index (χ1n) is 8.35. The van der Waals surface area contributed by atoms with Gasteiger partial charge in [-0.25, -0.2) is 0 Å². The molecule has 6 nitrogen and oxygen atoms in total. The molecule has 0 radical (unpaired) electrons. The predicted octanol–water partition coefficient (Wildman–Crippen LogP) is 4.54. The molecule has 0 bridgehead atoms. The monoisotopic (exact) mass is 488 g/mol. The zero-order valence-corrected chi connectivity index (χ0v) is 18.2. The van der Waals surface area contributed by atoms with Gasteiger partial charge in [0.1, 0.15) is 0 Å². The minimum absolute atomic E-state index is 0.222. The second-order valence-corrected chi connectivity index (χ2v) is 7.42. The highest BCUT2D eigenvalue weighted by molar-refractivity contribution is 9.10. The normalized spacial score (nSPS) is 10.4. The molecule has 0 aromatic heterocycles. The molecule has 0 saturated heterocycles. The number of carbonyl (C=O) groups excluding carboxylic acids is 2. The van der Waals surface area contributed by atoms with Gasteiger partial charge >= 0.3 is 0 Å². The lowest BCUT2D eigenvalue weighted by Gasteiger charge is -2.11. The molecule has 0 saturated carbocycles. The molecule has 0 spiro atoms. The van der Waals surface area contributed by atoms with Gasteiger partial charge in [0.2, 0.25) is 0 Å². The zero-order chi connectivity index (χ0) is 20.5. The maximum atomic E-state index is 12.2. The highest BCUT2D eigenvalue weighted by atomic mass is 79.9. The quantitative estimate of drug-likeness (QED) is 0.507. The van der Waals surface area contributed by atoms with Crippen LogP contribution in [-0.2, 0) is 9.53 Å². The Labute approximate surface area is 181 Å². The van der Waals surface area contributed by atoms with Gasteiger partial charge in [-0.3, -0.25) is 9.59 Å². The van der Waals surface area contributed by atoms with E-state index < -0.39 is 5.91 Å². The average Bonchev–Trinajstić information content (AvgIpc) is 2.64. The lowest BCUT2D eigenvalue weighted by molar-refractivity contribution is -0.118. The Morgan fingerprint density at radius 3 is 2.68 bits per heavy atom. The molecule has 2 aromatic carbocycles. The van der Waals surface area contributed by atoms with E-state index in [1.807, 2.05) is 0 Å². The molecule has 9 heteroatoms. The van der Waals surface area contributed by atoms with E-state index in [4.69, 9.17) is 32.7 Å². The molecule has 2 rings (SSSR count). The summed E-state index contributed by atoms with van der Waals surface area (Å²) in [6.45, 7) is 0.825. The van der Waals surface area contributed by atoms with Crippen LogP contribution in [0.3, 0.4) is 0 Å². The maximum Gasteiger partial charge on any atom is 0.262 e. The Morgan fingerprint density at radius 1 is 1.18 bits per heavy atom. The van der Waals surface area contributed by atoms with Gasteiger partial charge in [-0.2, -0.15) is 0 Å². The van der Waals surface area contributed by atoms with E-state index >= 15 is 0 Å². The Kier molecular flexibility index (Phi) is 9.05. The Morgan fingerprint density at radius 2 is 1.96 bits per heavy atom. The first-order chi connectivity index (χ1) is 13.4. The fraction of sp³-hybridized carbons (Fsp3) is 0.263. The van der Waals surface area contributed by atoms with E-state index in [-0.39, 0.29) is 12.5 Å². The van der Waals surface area contributed by atoms with Gasteiger partial charge in [-0.15, -0.1) is 0 Å². The fourth-order valence-electron chi connectivity index (χ4n) is 2.26. The maximum absolute atomic E-state index is 12.2. The molecular formula is C19H19BrCl2N2O4. The standard InChI is InChI=1S/C19H19BrCl2N2O4/c1-27-7-3-6-23-19(26)12-4-2-5-14(8-12)24-17(25)11-28-18-15(20)9-13(21)10-16(18)22/h2,4-5,8-10H,3,6-7,11H2,1H3,(H,23,26)(H,24,25). The van der Waals surface area contributed by atoms with Crippen LogP contribution < -0.4 is 15.4 Å². The molecule has 2 aromatic rings. The molecule has 0 fully saturated rings. The second kappa shape index (κ2) is 11.3. The molecule has 0 aliphatic rings. The van der Waals surface area contributed by atoms with E-state index in [0.717, 1.165) is 6.42 Å². The SMILES string of the molecule is COCCCNC(=O)c1cccc(NC(=O)COc2c(Cl)cc(Cl)cc2Br)c1. The first kappa shape index (κ1) is 22.5. The number of anilines is 1. The number of halogens is 3. The lowest BCUT2D eigenvalue weighted by Crippen LogP contribution is -2.25. The van der Waals surface area contributed by atoms with E-state index in [1.54, 1.807) is 37.4 Å². The number of amides is 2. The van der Waals surface area contributed by atoms with Crippen LogP contribution in [0.4, 0.5) is 5.69 Å². The van der Waals surface area contributed by atoms with Crippen LogP contribution in [0.1, 0.15) is 16.8 Å². The Balaban J connectivity index is 1.91. The second-order valence-electron chi connectivity index (χ2n) is 5.72. The van der Waals surface area contributed by atoms with Gasteiger partial charge in [-0.1, -0.05) is 29.3 Å². The summed E-state index contributed by atoms with van der Waals surface area (Å²) < 4.78 is 11.0. The van der Waals surface area contributed by atoms with Gasteiger partial charge < -0.3 is 20.1 Å². The molecule has 150 valence electrons. The third-order valence-electron chi connectivity index (χ3n) is 3.53. The van der Waals surface area contributed by atoms with E-state index in [0.29, 0.717) is 44.7 Å². The van der Waals surface area contributed by atoms with Crippen LogP contribution >= 0.6 is 39.1 Å². The first-order valence-corrected chi connectivity index (χ1v) is 9.90. The van der Waals surface area contributed by atoms with Crippen molar-refractivity contribution < 1.29 is 19.1 Å². The van der Waals surface area contributed by atoms with E-state index in [9.17, 15) is 9.59 Å². The number of rotatable bonds is 9. The van der Waals surface area contributed by atoms with Gasteiger partial charge in [-0.05, 0) is 52.7 Å². The van der Waals surface area contributed by atoms with Crippen LogP contribution in [0.25, 0.3) is 0 Å². The van der Waals surface area contributed by atoms with Crippen LogP contribution in [0.15, 0.2) is 40.9 Å². The molecular weight excluding hydrogens is 471 g/mol. The fourth-order valence-corrected chi connectivity index (χ4v) is 3.63. The molecule has 0 aliphatic heterocycles. The number of benzene rings is 2. The van der Waals surface area contributed by atoms with Crippen LogP contribution in [0, 0.1) is 0 Å². The zero-order valence-electron chi connectivity index (χ0n) is 15.1. The summed E-state index contributed by atoms with van der Waals surface area (Å²) in [6, 6.07) is 9.78. The molecule has 2 N–H and O–H groups in total. The van der Waals surface area contributed by atoms with Crippen LogP contribution in [0.2, 0.25) is 10.0 Å². The summed E-state index contributed by atoms with van der Waals surface area (Å²) in [6.07, 6.45) is 0.721. The van der Waals surface area contributed by atoms with Crippen molar-refractivity contribution in [1.82, 2.24) is 5.32 Å². The topological polar surface area (TPSA) is 76.7 Å². The summed E-state index contributed by atoms with van der Waals surface area (Å²) in [5.74, 6) is -0.290. The number of hydrogen-bond donors (Lipinski definition) is 2. The summed E-state index contributed by atoms with van der Waals surface area (Å²) in [7, 11) is 1.61. The summed E-state index contributed by atoms with van der Waals surface area (Å²) >= 11 is 15.3. The molecule has 0 unspecified atom stereocenters.